The number of likely N-dealkylation sites (tertiary alicyclic amines) is 1. The summed E-state index contributed by atoms with van der Waals surface area (Å²) >= 11 is 0. The third kappa shape index (κ3) is 2.82. The monoisotopic (exact) mass is 239 g/mol. The van der Waals surface area contributed by atoms with Crippen LogP contribution in [-0.2, 0) is 9.53 Å². The molecule has 0 atom stereocenters. The number of ether oxygens (including phenoxy) is 1. The second kappa shape index (κ2) is 5.38. The first-order chi connectivity index (χ1) is 8.16. The van der Waals surface area contributed by atoms with Crippen molar-refractivity contribution in [2.24, 2.45) is 5.92 Å². The molecule has 2 fully saturated rings. The van der Waals surface area contributed by atoms with Crippen LogP contribution in [0.5, 0.6) is 0 Å². The molecule has 3 heteroatoms. The van der Waals surface area contributed by atoms with E-state index in [0.717, 1.165) is 5.92 Å². The van der Waals surface area contributed by atoms with Gasteiger partial charge in [0, 0.05) is 5.54 Å². The summed E-state index contributed by atoms with van der Waals surface area (Å²) in [5.41, 5.74) is 0.145. The molecule has 0 bridgehead atoms. The molecule has 2 aliphatic rings. The van der Waals surface area contributed by atoms with Crippen molar-refractivity contribution in [1.82, 2.24) is 4.90 Å². The Morgan fingerprint density at radius 2 is 1.94 bits per heavy atom. The van der Waals surface area contributed by atoms with E-state index in [-0.39, 0.29) is 11.5 Å². The summed E-state index contributed by atoms with van der Waals surface area (Å²) in [7, 11) is 0. The zero-order chi connectivity index (χ0) is 12.3. The fourth-order valence-corrected chi connectivity index (χ4v) is 3.60. The van der Waals surface area contributed by atoms with Crippen LogP contribution in [0.1, 0.15) is 52.4 Å². The van der Waals surface area contributed by atoms with Crippen LogP contribution in [-0.4, -0.2) is 36.1 Å². The average molecular weight is 239 g/mol. The minimum Gasteiger partial charge on any atom is -0.466 e. The number of carbonyl (C=O) groups excluding carboxylic acids is 1. The molecule has 0 N–H and O–H groups in total. The Hall–Kier alpha value is -0.570. The molecule has 0 amide bonds. The summed E-state index contributed by atoms with van der Waals surface area (Å²) in [6.07, 6.45) is 6.88. The normalized spacial score (nSPS) is 34.1. The molecule has 0 aromatic carbocycles. The fourth-order valence-electron chi connectivity index (χ4n) is 3.60. The lowest BCUT2D eigenvalue weighted by atomic mass is 9.65. The molecule has 1 saturated heterocycles. The van der Waals surface area contributed by atoms with E-state index < -0.39 is 0 Å². The quantitative estimate of drug-likeness (QED) is 0.706. The highest BCUT2D eigenvalue weighted by Gasteiger charge is 2.48. The van der Waals surface area contributed by atoms with Crippen molar-refractivity contribution >= 4 is 5.97 Å². The predicted molar refractivity (Wildman–Crippen MR) is 67.8 cm³/mol. The van der Waals surface area contributed by atoms with Gasteiger partial charge in [0.25, 0.3) is 0 Å². The highest BCUT2D eigenvalue weighted by molar-refractivity contribution is 5.71. The van der Waals surface area contributed by atoms with Crippen LogP contribution in [0.4, 0.5) is 0 Å². The number of nitrogens with zero attached hydrogens (tertiary/aromatic N) is 1. The molecule has 0 unspecified atom stereocenters. The lowest BCUT2D eigenvalue weighted by Crippen LogP contribution is -2.59. The molecule has 0 spiro atoms. The maximum Gasteiger partial charge on any atom is 0.307 e. The fraction of sp³-hybridized carbons (Fsp3) is 0.929. The molecular formula is C14H25NO2. The van der Waals surface area contributed by atoms with E-state index in [4.69, 9.17) is 4.74 Å². The third-order valence-corrected chi connectivity index (χ3v) is 4.26. The van der Waals surface area contributed by atoms with Gasteiger partial charge in [0.2, 0.25) is 0 Å². The molecule has 1 heterocycles. The first kappa shape index (κ1) is 12.9. The number of hydrogen-bond donors (Lipinski definition) is 0. The zero-order valence-corrected chi connectivity index (χ0v) is 11.2. The van der Waals surface area contributed by atoms with Gasteiger partial charge in [0.05, 0.1) is 13.0 Å². The first-order valence-corrected chi connectivity index (χ1v) is 7.07. The lowest BCUT2D eigenvalue weighted by molar-refractivity contribution is -0.151. The highest BCUT2D eigenvalue weighted by Crippen LogP contribution is 2.45. The maximum atomic E-state index is 11.8. The summed E-state index contributed by atoms with van der Waals surface area (Å²) in [6, 6.07) is 0. The molecule has 1 saturated carbocycles. The predicted octanol–water partition coefficient (Wildman–Crippen LogP) is 2.59. The van der Waals surface area contributed by atoms with Crippen LogP contribution in [0.2, 0.25) is 0 Å². The summed E-state index contributed by atoms with van der Waals surface area (Å²) < 4.78 is 5.13. The van der Waals surface area contributed by atoms with E-state index in [0.29, 0.717) is 13.0 Å². The van der Waals surface area contributed by atoms with Crippen LogP contribution >= 0.6 is 0 Å². The third-order valence-electron chi connectivity index (χ3n) is 4.26. The summed E-state index contributed by atoms with van der Waals surface area (Å²) in [4.78, 5) is 14.3. The second-order valence-corrected chi connectivity index (χ2v) is 5.77. The first-order valence-electron chi connectivity index (χ1n) is 7.07. The van der Waals surface area contributed by atoms with Crippen molar-refractivity contribution < 1.29 is 9.53 Å². The van der Waals surface area contributed by atoms with E-state index in [1.807, 2.05) is 6.92 Å². The maximum absolute atomic E-state index is 11.8. The van der Waals surface area contributed by atoms with Crippen LogP contribution in [0.15, 0.2) is 0 Å². The van der Waals surface area contributed by atoms with Gasteiger partial charge in [-0.05, 0) is 51.6 Å². The molecule has 3 nitrogen and oxygen atoms in total. The van der Waals surface area contributed by atoms with E-state index >= 15 is 0 Å². The van der Waals surface area contributed by atoms with Gasteiger partial charge in [-0.2, -0.15) is 0 Å². The van der Waals surface area contributed by atoms with Crippen molar-refractivity contribution in [2.45, 2.75) is 57.9 Å². The minimum atomic E-state index is -0.00928. The smallest absolute Gasteiger partial charge is 0.307 e. The van der Waals surface area contributed by atoms with Crippen molar-refractivity contribution in [3.63, 3.8) is 0 Å². The van der Waals surface area contributed by atoms with Gasteiger partial charge in [-0.25, -0.2) is 0 Å². The van der Waals surface area contributed by atoms with Gasteiger partial charge < -0.3 is 4.74 Å². The Bertz CT molecular complexity index is 265. The van der Waals surface area contributed by atoms with Crippen molar-refractivity contribution in [2.75, 3.05) is 19.7 Å². The molecule has 1 aliphatic carbocycles. The Labute approximate surface area is 105 Å². The SMILES string of the molecule is CCOC(=O)CC1(N2CCCCC2)CC(C)C1. The largest absolute Gasteiger partial charge is 0.466 e. The number of piperidine rings is 1. The number of hydrogen-bond acceptors (Lipinski definition) is 3. The van der Waals surface area contributed by atoms with Crippen molar-refractivity contribution in [3.05, 3.63) is 0 Å². The lowest BCUT2D eigenvalue weighted by Gasteiger charge is -2.54. The highest BCUT2D eigenvalue weighted by atomic mass is 16.5. The molecule has 1 aliphatic heterocycles. The van der Waals surface area contributed by atoms with Crippen molar-refractivity contribution in [1.29, 1.82) is 0 Å². The van der Waals surface area contributed by atoms with E-state index in [9.17, 15) is 4.79 Å². The van der Waals surface area contributed by atoms with Gasteiger partial charge in [0.15, 0.2) is 0 Å². The van der Waals surface area contributed by atoms with Gasteiger partial charge in [-0.15, -0.1) is 0 Å². The van der Waals surface area contributed by atoms with Crippen LogP contribution in [0.3, 0.4) is 0 Å². The molecule has 0 aromatic rings. The zero-order valence-electron chi connectivity index (χ0n) is 11.2. The van der Waals surface area contributed by atoms with Crippen LogP contribution < -0.4 is 0 Å². The summed E-state index contributed by atoms with van der Waals surface area (Å²) in [5, 5.41) is 0. The molecule has 0 aromatic heterocycles. The molecule has 98 valence electrons. The van der Waals surface area contributed by atoms with Crippen molar-refractivity contribution in [3.8, 4) is 0 Å². The number of esters is 1. The van der Waals surface area contributed by atoms with Gasteiger partial charge in [-0.3, -0.25) is 9.69 Å². The topological polar surface area (TPSA) is 29.5 Å². The average Bonchev–Trinajstić information content (AvgIpc) is 2.28. The Morgan fingerprint density at radius 3 is 2.47 bits per heavy atom. The Morgan fingerprint density at radius 1 is 1.29 bits per heavy atom. The second-order valence-electron chi connectivity index (χ2n) is 5.77. The van der Waals surface area contributed by atoms with E-state index in [1.165, 1.54) is 45.2 Å². The minimum absolute atomic E-state index is 0.00928. The molecule has 2 rings (SSSR count). The standard InChI is InChI=1S/C14H25NO2/c1-3-17-13(16)11-14(9-12(2)10-14)15-7-5-4-6-8-15/h12H,3-11H2,1-2H3. The number of rotatable bonds is 4. The summed E-state index contributed by atoms with van der Waals surface area (Å²) in [5.74, 6) is 0.760. The van der Waals surface area contributed by atoms with Gasteiger partial charge in [-0.1, -0.05) is 13.3 Å². The number of carbonyl (C=O) groups is 1. The van der Waals surface area contributed by atoms with Crippen LogP contribution in [0.25, 0.3) is 0 Å². The van der Waals surface area contributed by atoms with E-state index in [1.54, 1.807) is 0 Å². The Kier molecular flexibility index (Phi) is 4.08. The molecule has 17 heavy (non-hydrogen) atoms. The van der Waals surface area contributed by atoms with E-state index in [2.05, 4.69) is 11.8 Å². The van der Waals surface area contributed by atoms with Gasteiger partial charge >= 0.3 is 5.97 Å². The Balaban J connectivity index is 1.96. The van der Waals surface area contributed by atoms with Crippen LogP contribution in [0, 0.1) is 5.92 Å². The molecule has 0 radical (unpaired) electrons. The van der Waals surface area contributed by atoms with Gasteiger partial charge in [0.1, 0.15) is 0 Å². The summed E-state index contributed by atoms with van der Waals surface area (Å²) in [6.45, 7) is 7.02. The molecular weight excluding hydrogens is 214 g/mol.